The summed E-state index contributed by atoms with van der Waals surface area (Å²) in [6.07, 6.45) is 7.06. The van der Waals surface area contributed by atoms with Crippen molar-refractivity contribution in [1.29, 1.82) is 0 Å². The van der Waals surface area contributed by atoms with Crippen molar-refractivity contribution in [1.82, 2.24) is 19.5 Å². The van der Waals surface area contributed by atoms with Gasteiger partial charge in [0, 0.05) is 43.7 Å². The first-order chi connectivity index (χ1) is 15.0. The minimum Gasteiger partial charge on any atom is -0.356 e. The molecule has 1 fully saturated rings. The number of amides is 2. The van der Waals surface area contributed by atoms with Crippen molar-refractivity contribution in [3.8, 4) is 5.82 Å². The van der Waals surface area contributed by atoms with Gasteiger partial charge in [-0.3, -0.25) is 14.2 Å². The van der Waals surface area contributed by atoms with E-state index in [1.165, 1.54) is 6.92 Å². The Morgan fingerprint density at radius 3 is 2.29 bits per heavy atom. The monoisotopic (exact) mass is 419 g/mol. The molecule has 160 valence electrons. The van der Waals surface area contributed by atoms with E-state index in [1.807, 2.05) is 6.07 Å². The van der Waals surface area contributed by atoms with E-state index in [-0.39, 0.29) is 17.5 Å². The number of hydrogen-bond donors (Lipinski definition) is 2. The van der Waals surface area contributed by atoms with Gasteiger partial charge in [0.1, 0.15) is 30.0 Å². The Morgan fingerprint density at radius 1 is 0.968 bits per heavy atom. The number of aromatic nitrogens is 4. The predicted octanol–water partition coefficient (Wildman–Crippen LogP) is 3.11. The summed E-state index contributed by atoms with van der Waals surface area (Å²) in [5.74, 6) is 1.81. The topological polar surface area (TPSA) is 105 Å². The van der Waals surface area contributed by atoms with Crippen LogP contribution in [0.25, 0.3) is 5.82 Å². The fourth-order valence-electron chi connectivity index (χ4n) is 3.49. The molecule has 0 unspecified atom stereocenters. The number of nitrogens with zero attached hydrogens (tertiary/aromatic N) is 5. The number of piperidine rings is 1. The number of hydrogen-bond acceptors (Lipinski definition) is 6. The average Bonchev–Trinajstić information content (AvgIpc) is 3.26. The average molecular weight is 419 g/mol. The fourth-order valence-corrected chi connectivity index (χ4v) is 3.49. The lowest BCUT2D eigenvalue weighted by molar-refractivity contribution is -0.114. The quantitative estimate of drug-likeness (QED) is 0.658. The molecule has 9 heteroatoms. The van der Waals surface area contributed by atoms with Gasteiger partial charge in [-0.1, -0.05) is 6.92 Å². The summed E-state index contributed by atoms with van der Waals surface area (Å²) in [6, 6.07) is 8.80. The Kier molecular flexibility index (Phi) is 5.92. The highest BCUT2D eigenvalue weighted by molar-refractivity contribution is 6.03. The number of nitrogens with one attached hydrogen (secondary N) is 2. The molecule has 3 aromatic rings. The van der Waals surface area contributed by atoms with Gasteiger partial charge in [-0.15, -0.1) is 0 Å². The molecule has 1 saturated heterocycles. The third kappa shape index (κ3) is 5.06. The Hall–Kier alpha value is -3.75. The van der Waals surface area contributed by atoms with Crippen LogP contribution >= 0.6 is 0 Å². The summed E-state index contributed by atoms with van der Waals surface area (Å²) < 4.78 is 1.71. The molecule has 2 amide bonds. The second kappa shape index (κ2) is 8.95. The van der Waals surface area contributed by atoms with Gasteiger partial charge in [0.25, 0.3) is 5.91 Å². The maximum absolute atomic E-state index is 12.6. The summed E-state index contributed by atoms with van der Waals surface area (Å²) in [5, 5.41) is 5.49. The van der Waals surface area contributed by atoms with Gasteiger partial charge in [-0.05, 0) is 43.0 Å². The number of carbonyl (C=O) groups is 2. The molecule has 1 aliphatic heterocycles. The number of benzene rings is 1. The molecule has 0 radical (unpaired) electrons. The Balaban J connectivity index is 1.43. The molecule has 0 atom stereocenters. The second-order valence-electron chi connectivity index (χ2n) is 7.78. The molecular formula is C22H25N7O2. The summed E-state index contributed by atoms with van der Waals surface area (Å²) in [4.78, 5) is 38.9. The first-order valence-corrected chi connectivity index (χ1v) is 10.3. The van der Waals surface area contributed by atoms with Crippen LogP contribution in [0.2, 0.25) is 0 Å². The zero-order valence-corrected chi connectivity index (χ0v) is 17.6. The standard InChI is InChI=1S/C22H25N7O2/c1-15-7-9-28(10-8-15)20-11-21(24-13-23-20)29-12-19(25-14-29)22(31)27-18-5-3-17(4-6-18)26-16(2)30/h3-6,11-15H,7-10H2,1-2H3,(H,26,30)(H,27,31). The van der Waals surface area contributed by atoms with Crippen molar-refractivity contribution in [3.63, 3.8) is 0 Å². The van der Waals surface area contributed by atoms with Crippen molar-refractivity contribution < 1.29 is 9.59 Å². The van der Waals surface area contributed by atoms with E-state index in [4.69, 9.17) is 0 Å². The van der Waals surface area contributed by atoms with Crippen LogP contribution in [0.3, 0.4) is 0 Å². The highest BCUT2D eigenvalue weighted by Gasteiger charge is 2.18. The molecule has 1 aromatic carbocycles. The van der Waals surface area contributed by atoms with Crippen molar-refractivity contribution in [2.75, 3.05) is 28.6 Å². The molecule has 0 spiro atoms. The van der Waals surface area contributed by atoms with Gasteiger partial charge >= 0.3 is 0 Å². The summed E-state index contributed by atoms with van der Waals surface area (Å²) in [7, 11) is 0. The van der Waals surface area contributed by atoms with E-state index in [0.29, 0.717) is 17.2 Å². The molecule has 3 heterocycles. The Bertz CT molecular complexity index is 1070. The van der Waals surface area contributed by atoms with Gasteiger partial charge in [0.15, 0.2) is 0 Å². The molecule has 4 rings (SSSR count). The van der Waals surface area contributed by atoms with Crippen molar-refractivity contribution in [2.24, 2.45) is 5.92 Å². The number of carbonyl (C=O) groups excluding carboxylic acids is 2. The SMILES string of the molecule is CC(=O)Nc1ccc(NC(=O)c2cn(-c3cc(N4CCC(C)CC4)ncn3)cn2)cc1. The highest BCUT2D eigenvalue weighted by atomic mass is 16.2. The second-order valence-corrected chi connectivity index (χ2v) is 7.78. The van der Waals surface area contributed by atoms with Crippen LogP contribution in [0.5, 0.6) is 0 Å². The molecule has 0 bridgehead atoms. The lowest BCUT2D eigenvalue weighted by atomic mass is 9.99. The first-order valence-electron chi connectivity index (χ1n) is 10.3. The minimum absolute atomic E-state index is 0.148. The lowest BCUT2D eigenvalue weighted by Gasteiger charge is -2.31. The molecule has 2 aromatic heterocycles. The Morgan fingerprint density at radius 2 is 1.61 bits per heavy atom. The van der Waals surface area contributed by atoms with Crippen LogP contribution in [0.4, 0.5) is 17.2 Å². The maximum Gasteiger partial charge on any atom is 0.275 e. The Labute approximate surface area is 180 Å². The summed E-state index contributed by atoms with van der Waals surface area (Å²) in [5.41, 5.74) is 1.55. The largest absolute Gasteiger partial charge is 0.356 e. The van der Waals surface area contributed by atoms with Gasteiger partial charge in [-0.25, -0.2) is 15.0 Å². The fraction of sp³-hybridized carbons (Fsp3) is 0.318. The van der Waals surface area contributed by atoms with Gasteiger partial charge in [0.05, 0.1) is 0 Å². The molecule has 31 heavy (non-hydrogen) atoms. The van der Waals surface area contributed by atoms with Gasteiger partial charge in [-0.2, -0.15) is 0 Å². The predicted molar refractivity (Wildman–Crippen MR) is 118 cm³/mol. The third-order valence-electron chi connectivity index (χ3n) is 5.29. The number of imidazole rings is 1. The summed E-state index contributed by atoms with van der Waals surface area (Å²) in [6.45, 7) is 5.68. The van der Waals surface area contributed by atoms with Crippen molar-refractivity contribution >= 4 is 29.0 Å². The molecule has 2 N–H and O–H groups in total. The third-order valence-corrected chi connectivity index (χ3v) is 5.29. The summed E-state index contributed by atoms with van der Waals surface area (Å²) >= 11 is 0. The van der Waals surface area contributed by atoms with Crippen LogP contribution in [-0.4, -0.2) is 44.4 Å². The van der Waals surface area contributed by atoms with Crippen LogP contribution in [0.1, 0.15) is 37.2 Å². The maximum atomic E-state index is 12.6. The number of rotatable bonds is 5. The lowest BCUT2D eigenvalue weighted by Crippen LogP contribution is -2.33. The molecule has 9 nitrogen and oxygen atoms in total. The zero-order valence-electron chi connectivity index (χ0n) is 17.6. The minimum atomic E-state index is -0.328. The normalized spacial score (nSPS) is 14.3. The van der Waals surface area contributed by atoms with E-state index in [2.05, 4.69) is 37.4 Å². The number of anilines is 3. The zero-order chi connectivity index (χ0) is 21.8. The van der Waals surface area contributed by atoms with E-state index in [0.717, 1.165) is 37.7 Å². The van der Waals surface area contributed by atoms with Crippen LogP contribution in [0, 0.1) is 5.92 Å². The molecule has 0 saturated carbocycles. The van der Waals surface area contributed by atoms with E-state index < -0.39 is 0 Å². The van der Waals surface area contributed by atoms with Crippen LogP contribution in [-0.2, 0) is 4.79 Å². The molecule has 0 aliphatic carbocycles. The van der Waals surface area contributed by atoms with E-state index in [9.17, 15) is 9.59 Å². The smallest absolute Gasteiger partial charge is 0.275 e. The van der Waals surface area contributed by atoms with E-state index >= 15 is 0 Å². The molecule has 1 aliphatic rings. The van der Waals surface area contributed by atoms with E-state index in [1.54, 1.807) is 47.7 Å². The van der Waals surface area contributed by atoms with Crippen LogP contribution < -0.4 is 15.5 Å². The van der Waals surface area contributed by atoms with Gasteiger partial charge in [0.2, 0.25) is 5.91 Å². The molecular weight excluding hydrogens is 394 g/mol. The van der Waals surface area contributed by atoms with Crippen molar-refractivity contribution in [3.05, 3.63) is 54.9 Å². The van der Waals surface area contributed by atoms with Crippen LogP contribution in [0.15, 0.2) is 49.2 Å². The van der Waals surface area contributed by atoms with Gasteiger partial charge < -0.3 is 15.5 Å². The highest BCUT2D eigenvalue weighted by Crippen LogP contribution is 2.22. The first kappa shape index (κ1) is 20.5. The van der Waals surface area contributed by atoms with Crippen molar-refractivity contribution in [2.45, 2.75) is 26.7 Å².